The van der Waals surface area contributed by atoms with E-state index in [4.69, 9.17) is 5.73 Å². The van der Waals surface area contributed by atoms with Crippen LogP contribution in [0, 0.1) is 0 Å². The molecule has 0 spiro atoms. The van der Waals surface area contributed by atoms with Crippen molar-refractivity contribution in [3.63, 3.8) is 0 Å². The number of carbonyl (C=O) groups is 1. The fourth-order valence-corrected chi connectivity index (χ4v) is 2.57. The Bertz CT molecular complexity index is 369. The van der Waals surface area contributed by atoms with Crippen molar-refractivity contribution < 1.29 is 4.79 Å². The molecule has 1 aromatic rings. The molecule has 1 unspecified atom stereocenters. The fourth-order valence-electron chi connectivity index (χ4n) is 2.57. The molecular weight excluding hydrogens is 210 g/mol. The Morgan fingerprint density at radius 1 is 1.24 bits per heavy atom. The first-order chi connectivity index (χ1) is 8.29. The van der Waals surface area contributed by atoms with Crippen molar-refractivity contribution in [1.29, 1.82) is 0 Å². The first-order valence-electron chi connectivity index (χ1n) is 6.60. The molecule has 0 radical (unpaired) electrons. The van der Waals surface area contributed by atoms with Gasteiger partial charge in [-0.05, 0) is 49.3 Å². The largest absolute Gasteiger partial charge is 0.330 e. The summed E-state index contributed by atoms with van der Waals surface area (Å²) in [4.78, 5) is 11.4. The quantitative estimate of drug-likeness (QED) is 0.866. The number of hydrogen-bond donors (Lipinski definition) is 1. The van der Waals surface area contributed by atoms with E-state index in [2.05, 4.69) is 24.3 Å². The average molecular weight is 231 g/mol. The Kier molecular flexibility index (Phi) is 4.32. The number of rotatable bonds is 4. The molecule has 1 aliphatic rings. The predicted octanol–water partition coefficient (Wildman–Crippen LogP) is 2.80. The molecule has 2 N–H and O–H groups in total. The zero-order valence-corrected chi connectivity index (χ0v) is 10.3. The Morgan fingerprint density at radius 3 is 2.65 bits per heavy atom. The maximum Gasteiger partial charge on any atom is 0.133 e. The summed E-state index contributed by atoms with van der Waals surface area (Å²) in [6, 6.07) is 8.75. The molecule has 1 aliphatic carbocycles. The van der Waals surface area contributed by atoms with Gasteiger partial charge in [0.15, 0.2) is 0 Å². The third kappa shape index (κ3) is 3.40. The zero-order valence-electron chi connectivity index (χ0n) is 10.3. The van der Waals surface area contributed by atoms with Gasteiger partial charge in [0.2, 0.25) is 0 Å². The number of aryl methyl sites for hydroxylation is 1. The Hall–Kier alpha value is -1.15. The van der Waals surface area contributed by atoms with Gasteiger partial charge in [-0.25, -0.2) is 0 Å². The maximum atomic E-state index is 11.4. The van der Waals surface area contributed by atoms with Crippen LogP contribution in [0.1, 0.15) is 49.1 Å². The molecule has 2 rings (SSSR count). The Morgan fingerprint density at radius 2 is 2.00 bits per heavy atom. The van der Waals surface area contributed by atoms with E-state index in [0.717, 1.165) is 45.1 Å². The molecule has 17 heavy (non-hydrogen) atoms. The molecule has 0 amide bonds. The van der Waals surface area contributed by atoms with E-state index in [9.17, 15) is 4.79 Å². The van der Waals surface area contributed by atoms with Crippen LogP contribution in [0.3, 0.4) is 0 Å². The van der Waals surface area contributed by atoms with Crippen LogP contribution in [0.15, 0.2) is 24.3 Å². The predicted molar refractivity (Wildman–Crippen MR) is 70.0 cm³/mol. The topological polar surface area (TPSA) is 43.1 Å². The Labute approximate surface area is 103 Å². The van der Waals surface area contributed by atoms with E-state index in [1.807, 2.05) is 0 Å². The minimum Gasteiger partial charge on any atom is -0.330 e. The average Bonchev–Trinajstić information content (AvgIpc) is 2.37. The van der Waals surface area contributed by atoms with Gasteiger partial charge < -0.3 is 5.73 Å². The molecular formula is C15H21NO. The SMILES string of the molecule is NCCCc1ccc(C2CCCC(=O)C2)cc1. The highest BCUT2D eigenvalue weighted by Gasteiger charge is 2.20. The summed E-state index contributed by atoms with van der Waals surface area (Å²) in [7, 11) is 0. The van der Waals surface area contributed by atoms with Gasteiger partial charge >= 0.3 is 0 Å². The second-order valence-electron chi connectivity index (χ2n) is 4.97. The monoisotopic (exact) mass is 231 g/mol. The van der Waals surface area contributed by atoms with Crippen LogP contribution in [0.4, 0.5) is 0 Å². The highest BCUT2D eigenvalue weighted by Crippen LogP contribution is 2.30. The van der Waals surface area contributed by atoms with Crippen LogP contribution in [0.5, 0.6) is 0 Å². The minimum absolute atomic E-state index is 0.424. The van der Waals surface area contributed by atoms with Crippen LogP contribution >= 0.6 is 0 Å². The molecule has 92 valence electrons. The zero-order chi connectivity index (χ0) is 12.1. The van der Waals surface area contributed by atoms with Gasteiger partial charge in [0, 0.05) is 12.8 Å². The minimum atomic E-state index is 0.424. The molecule has 0 saturated heterocycles. The summed E-state index contributed by atoms with van der Waals surface area (Å²) in [6.45, 7) is 0.749. The van der Waals surface area contributed by atoms with Crippen molar-refractivity contribution >= 4 is 5.78 Å². The lowest BCUT2D eigenvalue weighted by Gasteiger charge is -2.21. The summed E-state index contributed by atoms with van der Waals surface area (Å²) in [5.41, 5.74) is 8.18. The third-order valence-electron chi connectivity index (χ3n) is 3.60. The molecule has 2 heteroatoms. The molecule has 1 atom stereocenters. The van der Waals surface area contributed by atoms with Crippen molar-refractivity contribution in [2.75, 3.05) is 6.54 Å². The lowest BCUT2D eigenvalue weighted by atomic mass is 9.83. The second-order valence-corrected chi connectivity index (χ2v) is 4.97. The second kappa shape index (κ2) is 5.97. The first kappa shape index (κ1) is 12.3. The molecule has 0 aromatic heterocycles. The van der Waals surface area contributed by atoms with E-state index in [0.29, 0.717) is 11.7 Å². The summed E-state index contributed by atoms with van der Waals surface area (Å²) >= 11 is 0. The van der Waals surface area contributed by atoms with E-state index in [-0.39, 0.29) is 0 Å². The molecule has 1 saturated carbocycles. The highest BCUT2D eigenvalue weighted by atomic mass is 16.1. The van der Waals surface area contributed by atoms with Gasteiger partial charge in [0.1, 0.15) is 5.78 Å². The molecule has 1 fully saturated rings. The van der Waals surface area contributed by atoms with Gasteiger partial charge in [0.25, 0.3) is 0 Å². The number of Topliss-reactive ketones (excluding diaryl/α,β-unsaturated/α-hetero) is 1. The summed E-state index contributed by atoms with van der Waals surface area (Å²) in [5, 5.41) is 0. The molecule has 2 nitrogen and oxygen atoms in total. The normalized spacial score (nSPS) is 20.5. The smallest absolute Gasteiger partial charge is 0.133 e. The van der Waals surface area contributed by atoms with Crippen LogP contribution in [-0.4, -0.2) is 12.3 Å². The summed E-state index contributed by atoms with van der Waals surface area (Å²) < 4.78 is 0. The van der Waals surface area contributed by atoms with Crippen LogP contribution in [-0.2, 0) is 11.2 Å². The van der Waals surface area contributed by atoms with Gasteiger partial charge in [0.05, 0.1) is 0 Å². The van der Waals surface area contributed by atoms with E-state index < -0.39 is 0 Å². The number of ketones is 1. The first-order valence-corrected chi connectivity index (χ1v) is 6.60. The lowest BCUT2D eigenvalue weighted by Crippen LogP contribution is -2.13. The van der Waals surface area contributed by atoms with Crippen molar-refractivity contribution in [2.24, 2.45) is 5.73 Å². The maximum absolute atomic E-state index is 11.4. The van der Waals surface area contributed by atoms with E-state index in [1.54, 1.807) is 0 Å². The van der Waals surface area contributed by atoms with Crippen molar-refractivity contribution in [3.8, 4) is 0 Å². The van der Waals surface area contributed by atoms with E-state index >= 15 is 0 Å². The van der Waals surface area contributed by atoms with Crippen molar-refractivity contribution in [2.45, 2.75) is 44.4 Å². The molecule has 1 aromatic carbocycles. The van der Waals surface area contributed by atoms with Crippen molar-refractivity contribution in [3.05, 3.63) is 35.4 Å². The van der Waals surface area contributed by atoms with Gasteiger partial charge in [-0.3, -0.25) is 4.79 Å². The molecule has 0 heterocycles. The fraction of sp³-hybridized carbons (Fsp3) is 0.533. The highest BCUT2D eigenvalue weighted by molar-refractivity contribution is 5.80. The van der Waals surface area contributed by atoms with Crippen LogP contribution < -0.4 is 5.73 Å². The van der Waals surface area contributed by atoms with E-state index in [1.165, 1.54) is 11.1 Å². The number of benzene rings is 1. The van der Waals surface area contributed by atoms with Crippen LogP contribution in [0.25, 0.3) is 0 Å². The lowest BCUT2D eigenvalue weighted by molar-refractivity contribution is -0.120. The van der Waals surface area contributed by atoms with Gasteiger partial charge in [-0.2, -0.15) is 0 Å². The molecule has 0 aliphatic heterocycles. The third-order valence-corrected chi connectivity index (χ3v) is 3.60. The number of nitrogens with two attached hydrogens (primary N) is 1. The summed E-state index contributed by atoms with van der Waals surface area (Å²) in [6.07, 6.45) is 5.83. The standard InChI is InChI=1S/C15H21NO/c16-10-2-3-12-6-8-13(9-7-12)14-4-1-5-15(17)11-14/h6-9,14H,1-5,10-11,16H2. The van der Waals surface area contributed by atoms with Crippen molar-refractivity contribution in [1.82, 2.24) is 0 Å². The van der Waals surface area contributed by atoms with Gasteiger partial charge in [-0.15, -0.1) is 0 Å². The number of carbonyl (C=O) groups excluding carboxylic acids is 1. The van der Waals surface area contributed by atoms with Gasteiger partial charge in [-0.1, -0.05) is 24.3 Å². The Balaban J connectivity index is 1.99. The number of hydrogen-bond acceptors (Lipinski definition) is 2. The molecule has 0 bridgehead atoms. The summed E-state index contributed by atoms with van der Waals surface area (Å²) in [5.74, 6) is 0.883. The van der Waals surface area contributed by atoms with Crippen LogP contribution in [0.2, 0.25) is 0 Å².